The zero-order valence-corrected chi connectivity index (χ0v) is 17.8. The molecule has 156 valence electrons. The monoisotopic (exact) mass is 432 g/mol. The number of thiazole rings is 1. The van der Waals surface area contributed by atoms with Crippen LogP contribution < -0.4 is 14.8 Å². The first-order valence-electron chi connectivity index (χ1n) is 10.3. The molecule has 31 heavy (non-hydrogen) atoms. The Morgan fingerprint density at radius 3 is 2.74 bits per heavy atom. The molecule has 0 bridgehead atoms. The number of rotatable bonds is 3. The van der Waals surface area contributed by atoms with Gasteiger partial charge >= 0.3 is 0 Å². The van der Waals surface area contributed by atoms with Crippen LogP contribution in [0.1, 0.15) is 40.0 Å². The highest BCUT2D eigenvalue weighted by Crippen LogP contribution is 2.34. The zero-order chi connectivity index (χ0) is 20.9. The molecule has 2 aliphatic rings. The smallest absolute Gasteiger partial charge is 0.256 e. The summed E-state index contributed by atoms with van der Waals surface area (Å²) in [7, 11) is 0. The van der Waals surface area contributed by atoms with Crippen LogP contribution in [0.25, 0.3) is 15.3 Å². The van der Waals surface area contributed by atoms with Crippen molar-refractivity contribution in [3.63, 3.8) is 0 Å². The number of ether oxygens (including phenoxy) is 2. The van der Waals surface area contributed by atoms with Crippen LogP contribution in [0.3, 0.4) is 0 Å². The van der Waals surface area contributed by atoms with E-state index in [-0.39, 0.29) is 12.7 Å². The van der Waals surface area contributed by atoms with Crippen LogP contribution >= 0.6 is 11.3 Å². The van der Waals surface area contributed by atoms with E-state index in [0.29, 0.717) is 22.9 Å². The lowest BCUT2D eigenvalue weighted by Gasteiger charge is -2.14. The molecule has 3 heterocycles. The van der Waals surface area contributed by atoms with E-state index in [9.17, 15) is 4.79 Å². The summed E-state index contributed by atoms with van der Waals surface area (Å²) >= 11 is 1.59. The van der Waals surface area contributed by atoms with Gasteiger partial charge in [-0.25, -0.2) is 4.98 Å². The first-order chi connectivity index (χ1) is 15.1. The van der Waals surface area contributed by atoms with Gasteiger partial charge in [-0.1, -0.05) is 11.3 Å². The van der Waals surface area contributed by atoms with Crippen molar-refractivity contribution in [3.05, 3.63) is 58.8 Å². The van der Waals surface area contributed by atoms with Gasteiger partial charge in [-0.2, -0.15) is 9.78 Å². The van der Waals surface area contributed by atoms with Crippen molar-refractivity contribution in [3.8, 4) is 16.6 Å². The first-order valence-corrected chi connectivity index (χ1v) is 11.2. The lowest BCUT2D eigenvalue weighted by atomic mass is 9.92. The standard InChI is InChI=1S/C23H20N4O3S/c1-13-8-21(25-22(28)16-6-7-18-19(10-16)30-12-29-18)27(26-13)23-24-17-9-14-4-2-3-5-15(14)11-20(17)31-23/h6-11H,2-5,12H2,1H3,(H,25,28). The fourth-order valence-electron chi connectivity index (χ4n) is 4.19. The van der Waals surface area contributed by atoms with Crippen LogP contribution in [0, 0.1) is 6.92 Å². The van der Waals surface area contributed by atoms with Crippen LogP contribution in [-0.2, 0) is 12.8 Å². The Morgan fingerprint density at radius 1 is 1.06 bits per heavy atom. The van der Waals surface area contributed by atoms with E-state index in [1.165, 1.54) is 24.0 Å². The zero-order valence-electron chi connectivity index (χ0n) is 17.0. The summed E-state index contributed by atoms with van der Waals surface area (Å²) in [5.41, 5.74) is 5.12. The molecule has 1 amide bonds. The van der Waals surface area contributed by atoms with Gasteiger partial charge in [0.2, 0.25) is 11.9 Å². The Balaban J connectivity index is 1.34. The summed E-state index contributed by atoms with van der Waals surface area (Å²) < 4.78 is 13.6. The van der Waals surface area contributed by atoms with Gasteiger partial charge in [-0.05, 0) is 74.1 Å². The SMILES string of the molecule is Cc1cc(NC(=O)c2ccc3c(c2)OCO3)n(-c2nc3cc4c(cc3s2)CCCC4)n1. The van der Waals surface area contributed by atoms with E-state index in [1.807, 2.05) is 13.0 Å². The minimum atomic E-state index is -0.240. The Bertz CT molecular complexity index is 1300. The lowest BCUT2D eigenvalue weighted by molar-refractivity contribution is 0.102. The molecule has 1 N–H and O–H groups in total. The van der Waals surface area contributed by atoms with Crippen LogP contribution in [-0.4, -0.2) is 27.5 Å². The van der Waals surface area contributed by atoms with Crippen molar-refractivity contribution in [1.82, 2.24) is 14.8 Å². The van der Waals surface area contributed by atoms with E-state index in [4.69, 9.17) is 14.5 Å². The molecule has 1 aliphatic carbocycles. The second-order valence-electron chi connectivity index (χ2n) is 7.90. The number of aryl methyl sites for hydroxylation is 3. The summed E-state index contributed by atoms with van der Waals surface area (Å²) in [6.07, 6.45) is 4.74. The number of fused-ring (bicyclic) bond motifs is 3. The molecule has 8 heteroatoms. The van der Waals surface area contributed by atoms with E-state index in [2.05, 4.69) is 22.5 Å². The number of nitrogens with one attached hydrogen (secondary N) is 1. The molecule has 0 radical (unpaired) electrons. The molecular weight excluding hydrogens is 412 g/mol. The minimum absolute atomic E-state index is 0.174. The molecular formula is C23H20N4O3S. The van der Waals surface area contributed by atoms with Crippen LogP contribution in [0.5, 0.6) is 11.5 Å². The number of anilines is 1. The van der Waals surface area contributed by atoms with E-state index < -0.39 is 0 Å². The lowest BCUT2D eigenvalue weighted by Crippen LogP contribution is -2.15. The van der Waals surface area contributed by atoms with Crippen molar-refractivity contribution in [1.29, 1.82) is 0 Å². The van der Waals surface area contributed by atoms with E-state index in [1.54, 1.807) is 34.2 Å². The third-order valence-corrected chi connectivity index (χ3v) is 6.72. The molecule has 0 fully saturated rings. The van der Waals surface area contributed by atoms with Gasteiger partial charge in [0.05, 0.1) is 15.9 Å². The fraction of sp³-hybridized carbons (Fsp3) is 0.261. The molecule has 6 rings (SSSR count). The third kappa shape index (κ3) is 3.23. The van der Waals surface area contributed by atoms with Gasteiger partial charge in [0, 0.05) is 11.6 Å². The van der Waals surface area contributed by atoms with E-state index >= 15 is 0 Å². The number of hydrogen-bond acceptors (Lipinski definition) is 6. The predicted octanol–water partition coefficient (Wildman–Crippen LogP) is 4.65. The van der Waals surface area contributed by atoms with Crippen LogP contribution in [0.15, 0.2) is 36.4 Å². The first kappa shape index (κ1) is 18.4. The highest BCUT2D eigenvalue weighted by Gasteiger charge is 2.20. The molecule has 4 aromatic rings. The van der Waals surface area contributed by atoms with Crippen molar-refractivity contribution in [2.24, 2.45) is 0 Å². The fourth-order valence-corrected chi connectivity index (χ4v) is 5.17. The summed E-state index contributed by atoms with van der Waals surface area (Å²) in [4.78, 5) is 17.7. The predicted molar refractivity (Wildman–Crippen MR) is 119 cm³/mol. The quantitative estimate of drug-likeness (QED) is 0.510. The summed E-state index contributed by atoms with van der Waals surface area (Å²) in [5.74, 6) is 1.57. The molecule has 7 nitrogen and oxygen atoms in total. The second-order valence-corrected chi connectivity index (χ2v) is 8.91. The van der Waals surface area contributed by atoms with Crippen molar-refractivity contribution in [2.45, 2.75) is 32.6 Å². The molecule has 0 saturated carbocycles. The topological polar surface area (TPSA) is 78.3 Å². The number of amides is 1. The highest BCUT2D eigenvalue weighted by atomic mass is 32.1. The van der Waals surface area contributed by atoms with Crippen LogP contribution in [0.2, 0.25) is 0 Å². The number of aromatic nitrogens is 3. The molecule has 2 aromatic heterocycles. The average Bonchev–Trinajstić information content (AvgIpc) is 3.49. The highest BCUT2D eigenvalue weighted by molar-refractivity contribution is 7.20. The number of carbonyl (C=O) groups excluding carboxylic acids is 1. The number of carbonyl (C=O) groups is 1. The van der Waals surface area contributed by atoms with Gasteiger partial charge < -0.3 is 14.8 Å². The maximum Gasteiger partial charge on any atom is 0.256 e. The average molecular weight is 433 g/mol. The molecule has 0 spiro atoms. The van der Waals surface area contributed by atoms with E-state index in [0.717, 1.165) is 33.9 Å². The third-order valence-electron chi connectivity index (χ3n) is 5.73. The maximum absolute atomic E-state index is 12.9. The van der Waals surface area contributed by atoms with Crippen LogP contribution in [0.4, 0.5) is 5.82 Å². The number of benzene rings is 2. The second kappa shape index (κ2) is 7.09. The minimum Gasteiger partial charge on any atom is -0.454 e. The van der Waals surface area contributed by atoms with Gasteiger partial charge in [0.25, 0.3) is 5.91 Å². The Kier molecular flexibility index (Phi) is 4.21. The summed E-state index contributed by atoms with van der Waals surface area (Å²) in [5, 5.41) is 8.29. The Morgan fingerprint density at radius 2 is 1.87 bits per heavy atom. The van der Waals surface area contributed by atoms with Crippen molar-refractivity contribution >= 4 is 33.3 Å². The van der Waals surface area contributed by atoms with Gasteiger partial charge in [0.15, 0.2) is 11.5 Å². The molecule has 0 saturated heterocycles. The summed E-state index contributed by atoms with van der Waals surface area (Å²) in [6, 6.07) is 11.5. The number of nitrogens with zero attached hydrogens (tertiary/aromatic N) is 3. The molecule has 0 unspecified atom stereocenters. The Labute approximate surface area is 182 Å². The number of hydrogen-bond donors (Lipinski definition) is 1. The van der Waals surface area contributed by atoms with Gasteiger partial charge in [0.1, 0.15) is 5.82 Å². The van der Waals surface area contributed by atoms with Gasteiger partial charge in [-0.3, -0.25) is 4.79 Å². The normalized spacial score (nSPS) is 14.6. The van der Waals surface area contributed by atoms with Gasteiger partial charge in [-0.15, -0.1) is 0 Å². The Hall–Kier alpha value is -3.39. The largest absolute Gasteiger partial charge is 0.454 e. The molecule has 1 aliphatic heterocycles. The maximum atomic E-state index is 12.9. The summed E-state index contributed by atoms with van der Waals surface area (Å²) in [6.45, 7) is 2.08. The van der Waals surface area contributed by atoms with Crippen molar-refractivity contribution in [2.75, 3.05) is 12.1 Å². The molecule has 0 atom stereocenters. The molecule has 2 aromatic carbocycles. The van der Waals surface area contributed by atoms with Crippen molar-refractivity contribution < 1.29 is 14.3 Å².